The molecule has 2 aromatic heterocycles. The minimum absolute atomic E-state index is 0.181. The third-order valence-corrected chi connectivity index (χ3v) is 5.43. The van der Waals surface area contributed by atoms with Crippen LogP contribution >= 0.6 is 0 Å². The summed E-state index contributed by atoms with van der Waals surface area (Å²) in [7, 11) is 0. The van der Waals surface area contributed by atoms with Gasteiger partial charge in [0.2, 0.25) is 0 Å². The maximum Gasteiger partial charge on any atom is 0.343 e. The van der Waals surface area contributed by atoms with Gasteiger partial charge >= 0.3 is 5.69 Å². The zero-order chi connectivity index (χ0) is 18.4. The van der Waals surface area contributed by atoms with Crippen LogP contribution in [0.1, 0.15) is 17.8 Å². The van der Waals surface area contributed by atoms with E-state index < -0.39 is 0 Å². The molecule has 0 bridgehead atoms. The van der Waals surface area contributed by atoms with Crippen LogP contribution in [0.15, 0.2) is 35.3 Å². The van der Waals surface area contributed by atoms with Crippen LogP contribution in [-0.2, 0) is 24.4 Å². The van der Waals surface area contributed by atoms with Gasteiger partial charge in [-0.2, -0.15) is 10.2 Å². The molecule has 27 heavy (non-hydrogen) atoms. The summed E-state index contributed by atoms with van der Waals surface area (Å²) < 4.78 is 21.0. The number of likely N-dealkylation sites (tertiary alicyclic amines) is 1. The van der Waals surface area contributed by atoms with E-state index in [-0.39, 0.29) is 17.1 Å². The number of aromatic amines is 2. The van der Waals surface area contributed by atoms with Gasteiger partial charge in [-0.05, 0) is 30.7 Å². The van der Waals surface area contributed by atoms with Gasteiger partial charge < -0.3 is 4.74 Å². The van der Waals surface area contributed by atoms with Crippen molar-refractivity contribution in [2.75, 3.05) is 13.1 Å². The Balaban J connectivity index is 1.33. The molecule has 1 spiro atoms. The summed E-state index contributed by atoms with van der Waals surface area (Å²) in [6, 6.07) is 6.38. The van der Waals surface area contributed by atoms with Crippen molar-refractivity contribution in [2.24, 2.45) is 0 Å². The SMILES string of the molecule is O=c1[nH]nc2n1CC1(CCN(Cc3cn[nH]c3-c3ccc(F)cc3)C1)OC2. The molecule has 8 nitrogen and oxygen atoms in total. The van der Waals surface area contributed by atoms with Crippen LogP contribution in [0.4, 0.5) is 4.39 Å². The summed E-state index contributed by atoms with van der Waals surface area (Å²) in [6.07, 6.45) is 2.66. The van der Waals surface area contributed by atoms with E-state index in [2.05, 4.69) is 25.3 Å². The Bertz CT molecular complexity index is 1020. The van der Waals surface area contributed by atoms with Gasteiger partial charge in [0.25, 0.3) is 0 Å². The minimum atomic E-state index is -0.361. The fourth-order valence-corrected chi connectivity index (χ4v) is 4.02. The normalized spacial score (nSPS) is 22.4. The predicted molar refractivity (Wildman–Crippen MR) is 94.2 cm³/mol. The summed E-state index contributed by atoms with van der Waals surface area (Å²) in [5.74, 6) is 0.391. The third kappa shape index (κ3) is 2.88. The Morgan fingerprint density at radius 1 is 1.22 bits per heavy atom. The highest BCUT2D eigenvalue weighted by Gasteiger charge is 2.43. The Morgan fingerprint density at radius 2 is 2.07 bits per heavy atom. The molecule has 1 atom stereocenters. The van der Waals surface area contributed by atoms with Crippen molar-refractivity contribution in [1.82, 2.24) is 29.9 Å². The Hall–Kier alpha value is -2.78. The largest absolute Gasteiger partial charge is 0.364 e. The van der Waals surface area contributed by atoms with Crippen molar-refractivity contribution in [2.45, 2.75) is 31.7 Å². The van der Waals surface area contributed by atoms with Gasteiger partial charge in [0, 0.05) is 30.8 Å². The topological polar surface area (TPSA) is 91.8 Å². The van der Waals surface area contributed by atoms with Gasteiger partial charge in [-0.3, -0.25) is 14.6 Å². The van der Waals surface area contributed by atoms with Gasteiger partial charge in [-0.25, -0.2) is 14.3 Å². The van der Waals surface area contributed by atoms with Crippen LogP contribution in [0, 0.1) is 5.82 Å². The lowest BCUT2D eigenvalue weighted by molar-refractivity contribution is -0.0832. The first-order chi connectivity index (χ1) is 13.1. The van der Waals surface area contributed by atoms with Crippen LogP contribution in [0.3, 0.4) is 0 Å². The standard InChI is InChI=1S/C18H19FN6O2/c19-14-3-1-12(2-4-14)16-13(7-20-22-16)8-24-6-5-18(10-24)11-25-15(9-27-18)21-23-17(25)26/h1-4,7H,5-6,8-11H2,(H,20,22)(H,23,26). The highest BCUT2D eigenvalue weighted by atomic mass is 19.1. The zero-order valence-corrected chi connectivity index (χ0v) is 14.6. The zero-order valence-electron chi connectivity index (χ0n) is 14.6. The van der Waals surface area contributed by atoms with E-state index in [1.165, 1.54) is 12.1 Å². The van der Waals surface area contributed by atoms with Gasteiger partial charge in [0.1, 0.15) is 18.0 Å². The lowest BCUT2D eigenvalue weighted by Gasteiger charge is -2.33. The highest BCUT2D eigenvalue weighted by Crippen LogP contribution is 2.33. The lowest BCUT2D eigenvalue weighted by atomic mass is 10.0. The molecule has 2 aliphatic heterocycles. The molecule has 1 unspecified atom stereocenters. The van der Waals surface area contributed by atoms with Crippen LogP contribution in [0.5, 0.6) is 0 Å². The lowest BCUT2D eigenvalue weighted by Crippen LogP contribution is -2.46. The van der Waals surface area contributed by atoms with E-state index in [1.54, 1.807) is 16.7 Å². The first-order valence-corrected chi connectivity index (χ1v) is 8.90. The molecule has 4 heterocycles. The fraction of sp³-hybridized carbons (Fsp3) is 0.389. The molecule has 1 fully saturated rings. The number of fused-ring (bicyclic) bond motifs is 1. The summed E-state index contributed by atoms with van der Waals surface area (Å²) >= 11 is 0. The predicted octanol–water partition coefficient (Wildman–Crippen LogP) is 1.28. The summed E-state index contributed by atoms with van der Waals surface area (Å²) in [5.41, 5.74) is 2.31. The highest BCUT2D eigenvalue weighted by molar-refractivity contribution is 5.62. The fourth-order valence-electron chi connectivity index (χ4n) is 4.02. The minimum Gasteiger partial charge on any atom is -0.364 e. The number of nitrogens with one attached hydrogen (secondary N) is 2. The number of H-pyrrole nitrogens is 2. The average molecular weight is 370 g/mol. The molecule has 0 amide bonds. The Morgan fingerprint density at radius 3 is 2.93 bits per heavy atom. The maximum absolute atomic E-state index is 13.2. The summed E-state index contributed by atoms with van der Waals surface area (Å²) in [4.78, 5) is 14.2. The van der Waals surface area contributed by atoms with Crippen molar-refractivity contribution in [3.05, 3.63) is 58.2 Å². The Kier molecular flexibility index (Phi) is 3.73. The molecular formula is C18H19FN6O2. The molecule has 9 heteroatoms. The molecule has 0 saturated carbocycles. The molecule has 140 valence electrons. The van der Waals surface area contributed by atoms with E-state index in [0.29, 0.717) is 25.5 Å². The third-order valence-electron chi connectivity index (χ3n) is 5.43. The number of hydrogen-bond acceptors (Lipinski definition) is 5. The van der Waals surface area contributed by atoms with E-state index in [4.69, 9.17) is 4.74 Å². The molecule has 0 radical (unpaired) electrons. The monoisotopic (exact) mass is 370 g/mol. The molecule has 5 rings (SSSR count). The van der Waals surface area contributed by atoms with Crippen LogP contribution in [0.25, 0.3) is 11.3 Å². The van der Waals surface area contributed by atoms with Crippen molar-refractivity contribution < 1.29 is 9.13 Å². The molecule has 2 aliphatic rings. The Labute approximate surface area is 154 Å². The first kappa shape index (κ1) is 16.4. The van der Waals surface area contributed by atoms with Crippen LogP contribution in [-0.4, -0.2) is 48.6 Å². The summed E-state index contributed by atoms with van der Waals surface area (Å²) in [5, 5.41) is 13.7. The van der Waals surface area contributed by atoms with Crippen molar-refractivity contribution in [1.29, 1.82) is 0 Å². The smallest absolute Gasteiger partial charge is 0.343 e. The van der Waals surface area contributed by atoms with E-state index >= 15 is 0 Å². The molecular weight excluding hydrogens is 351 g/mol. The number of aromatic nitrogens is 5. The van der Waals surface area contributed by atoms with Crippen LogP contribution in [0.2, 0.25) is 0 Å². The molecule has 0 aliphatic carbocycles. The van der Waals surface area contributed by atoms with Crippen LogP contribution < -0.4 is 5.69 Å². The van der Waals surface area contributed by atoms with Crippen molar-refractivity contribution >= 4 is 0 Å². The molecule has 3 aromatic rings. The molecule has 2 N–H and O–H groups in total. The number of hydrogen-bond donors (Lipinski definition) is 2. The second-order valence-electron chi connectivity index (χ2n) is 7.24. The van der Waals surface area contributed by atoms with Crippen molar-refractivity contribution in [3.8, 4) is 11.3 Å². The first-order valence-electron chi connectivity index (χ1n) is 8.90. The molecule has 1 saturated heterocycles. The van der Waals surface area contributed by atoms with Gasteiger partial charge in [-0.15, -0.1) is 0 Å². The quantitative estimate of drug-likeness (QED) is 0.725. The van der Waals surface area contributed by atoms with Gasteiger partial charge in [0.15, 0.2) is 5.82 Å². The van der Waals surface area contributed by atoms with Crippen molar-refractivity contribution in [3.63, 3.8) is 0 Å². The maximum atomic E-state index is 13.2. The van der Waals surface area contributed by atoms with E-state index in [0.717, 1.165) is 36.3 Å². The number of benzene rings is 1. The second kappa shape index (κ2) is 6.14. The van der Waals surface area contributed by atoms with E-state index in [1.807, 2.05) is 6.20 Å². The second-order valence-corrected chi connectivity index (χ2v) is 7.24. The van der Waals surface area contributed by atoms with Gasteiger partial charge in [-0.1, -0.05) is 0 Å². The average Bonchev–Trinajstić information content (AvgIpc) is 3.37. The number of ether oxygens (including phenoxy) is 1. The summed E-state index contributed by atoms with van der Waals surface area (Å²) in [6.45, 7) is 3.18. The number of halogens is 1. The van der Waals surface area contributed by atoms with Gasteiger partial charge in [0.05, 0.1) is 18.4 Å². The van der Waals surface area contributed by atoms with E-state index in [9.17, 15) is 9.18 Å². The number of nitrogens with zero attached hydrogens (tertiary/aromatic N) is 4. The number of rotatable bonds is 3. The molecule has 1 aromatic carbocycles.